The van der Waals surface area contributed by atoms with Crippen LogP contribution in [-0.2, 0) is 11.2 Å². The third-order valence-corrected chi connectivity index (χ3v) is 2.80. The van der Waals surface area contributed by atoms with Crippen molar-refractivity contribution in [1.82, 2.24) is 10.3 Å². The second-order valence-corrected chi connectivity index (χ2v) is 4.37. The Hall–Kier alpha value is -2.36. The number of aryl methyl sites for hydroxylation is 1. The van der Waals surface area contributed by atoms with Crippen molar-refractivity contribution in [1.29, 1.82) is 0 Å². The van der Waals surface area contributed by atoms with Crippen molar-refractivity contribution in [2.75, 3.05) is 13.2 Å². The first-order valence-corrected chi connectivity index (χ1v) is 6.68. The van der Waals surface area contributed by atoms with Gasteiger partial charge in [0, 0.05) is 18.8 Å². The van der Waals surface area contributed by atoms with E-state index in [0.717, 1.165) is 11.3 Å². The molecule has 0 saturated carbocycles. The predicted octanol–water partition coefficient (Wildman–Crippen LogP) is 2.21. The number of ether oxygens (including phenoxy) is 1. The summed E-state index contributed by atoms with van der Waals surface area (Å²) >= 11 is 0. The van der Waals surface area contributed by atoms with Crippen LogP contribution in [0.3, 0.4) is 0 Å². The Balaban J connectivity index is 1.59. The topological polar surface area (TPSA) is 51.2 Å². The summed E-state index contributed by atoms with van der Waals surface area (Å²) in [4.78, 5) is 15.7. The minimum Gasteiger partial charge on any atom is -0.492 e. The normalized spacial score (nSPS) is 10.0. The number of aromatic nitrogens is 1. The molecule has 0 saturated heterocycles. The van der Waals surface area contributed by atoms with Crippen LogP contribution in [0.1, 0.15) is 12.0 Å². The minimum atomic E-state index is 0.0329. The SMILES string of the molecule is O=C(CCc1cccnc1)NCCOc1ccccc1. The Morgan fingerprint density at radius 3 is 2.75 bits per heavy atom. The number of benzene rings is 1. The molecular formula is C16H18N2O2. The van der Waals surface area contributed by atoms with Crippen LogP contribution in [0.4, 0.5) is 0 Å². The molecule has 1 N–H and O–H groups in total. The molecule has 0 spiro atoms. The Bertz CT molecular complexity index is 515. The van der Waals surface area contributed by atoms with E-state index in [1.54, 1.807) is 12.4 Å². The highest BCUT2D eigenvalue weighted by molar-refractivity contribution is 5.76. The maximum Gasteiger partial charge on any atom is 0.220 e. The fourth-order valence-electron chi connectivity index (χ4n) is 1.77. The molecule has 4 heteroatoms. The lowest BCUT2D eigenvalue weighted by atomic mass is 10.1. The molecule has 2 aromatic rings. The Morgan fingerprint density at radius 1 is 1.15 bits per heavy atom. The number of amides is 1. The molecule has 0 unspecified atom stereocenters. The van der Waals surface area contributed by atoms with E-state index < -0.39 is 0 Å². The molecule has 20 heavy (non-hydrogen) atoms. The zero-order valence-electron chi connectivity index (χ0n) is 11.3. The lowest BCUT2D eigenvalue weighted by Crippen LogP contribution is -2.28. The van der Waals surface area contributed by atoms with E-state index in [1.807, 2.05) is 42.5 Å². The van der Waals surface area contributed by atoms with E-state index in [0.29, 0.717) is 26.0 Å². The molecule has 0 radical (unpaired) electrons. The summed E-state index contributed by atoms with van der Waals surface area (Å²) in [5.74, 6) is 0.850. The lowest BCUT2D eigenvalue weighted by molar-refractivity contribution is -0.121. The third kappa shape index (κ3) is 5.10. The molecule has 0 fully saturated rings. The van der Waals surface area contributed by atoms with Crippen LogP contribution >= 0.6 is 0 Å². The average molecular weight is 270 g/mol. The van der Waals surface area contributed by atoms with Gasteiger partial charge in [-0.05, 0) is 30.2 Å². The van der Waals surface area contributed by atoms with Crippen LogP contribution in [0.25, 0.3) is 0 Å². The van der Waals surface area contributed by atoms with Crippen LogP contribution < -0.4 is 10.1 Å². The molecule has 0 aliphatic rings. The molecule has 0 atom stereocenters. The highest BCUT2D eigenvalue weighted by Crippen LogP contribution is 2.07. The number of hydrogen-bond donors (Lipinski definition) is 1. The van der Waals surface area contributed by atoms with E-state index >= 15 is 0 Å². The van der Waals surface area contributed by atoms with Crippen molar-refractivity contribution in [3.8, 4) is 5.75 Å². The second kappa shape index (κ2) is 7.94. The number of pyridine rings is 1. The summed E-state index contributed by atoms with van der Waals surface area (Å²) in [6.07, 6.45) is 4.69. The van der Waals surface area contributed by atoms with Gasteiger partial charge in [0.15, 0.2) is 0 Å². The van der Waals surface area contributed by atoms with Crippen molar-refractivity contribution in [3.63, 3.8) is 0 Å². The molecule has 0 aliphatic heterocycles. The van der Waals surface area contributed by atoms with Gasteiger partial charge in [0.25, 0.3) is 0 Å². The van der Waals surface area contributed by atoms with E-state index in [2.05, 4.69) is 10.3 Å². The maximum atomic E-state index is 11.6. The predicted molar refractivity (Wildman–Crippen MR) is 77.5 cm³/mol. The van der Waals surface area contributed by atoms with Gasteiger partial charge in [0.1, 0.15) is 12.4 Å². The summed E-state index contributed by atoms with van der Waals surface area (Å²) in [6, 6.07) is 13.4. The van der Waals surface area contributed by atoms with Crippen molar-refractivity contribution in [2.45, 2.75) is 12.8 Å². The lowest BCUT2D eigenvalue weighted by Gasteiger charge is -2.07. The molecule has 104 valence electrons. The summed E-state index contributed by atoms with van der Waals surface area (Å²) in [5, 5.41) is 2.84. The molecule has 0 aliphatic carbocycles. The first kappa shape index (κ1) is 14.1. The van der Waals surface area contributed by atoms with Gasteiger partial charge in [-0.1, -0.05) is 24.3 Å². The number of hydrogen-bond acceptors (Lipinski definition) is 3. The molecular weight excluding hydrogens is 252 g/mol. The number of rotatable bonds is 7. The highest BCUT2D eigenvalue weighted by atomic mass is 16.5. The Kier molecular flexibility index (Phi) is 5.58. The van der Waals surface area contributed by atoms with Crippen LogP contribution in [0, 0.1) is 0 Å². The smallest absolute Gasteiger partial charge is 0.220 e. The highest BCUT2D eigenvalue weighted by Gasteiger charge is 2.01. The number of carbonyl (C=O) groups is 1. The number of carbonyl (C=O) groups excluding carboxylic acids is 1. The first-order chi connectivity index (χ1) is 9.84. The van der Waals surface area contributed by atoms with Crippen molar-refractivity contribution < 1.29 is 9.53 Å². The fourth-order valence-corrected chi connectivity index (χ4v) is 1.77. The standard InChI is InChI=1S/C16H18N2O2/c19-16(9-8-14-5-4-10-17-13-14)18-11-12-20-15-6-2-1-3-7-15/h1-7,10,13H,8-9,11-12H2,(H,18,19). The number of para-hydroxylation sites is 1. The van der Waals surface area contributed by atoms with Gasteiger partial charge in [-0.3, -0.25) is 9.78 Å². The fraction of sp³-hybridized carbons (Fsp3) is 0.250. The van der Waals surface area contributed by atoms with E-state index in [4.69, 9.17) is 4.74 Å². The molecule has 0 bridgehead atoms. The monoisotopic (exact) mass is 270 g/mol. The Morgan fingerprint density at radius 2 is 2.00 bits per heavy atom. The molecule has 2 rings (SSSR count). The van der Waals surface area contributed by atoms with E-state index in [1.165, 1.54) is 0 Å². The van der Waals surface area contributed by atoms with Crippen molar-refractivity contribution >= 4 is 5.91 Å². The molecule has 1 aromatic carbocycles. The molecule has 1 amide bonds. The van der Waals surface area contributed by atoms with Gasteiger partial charge in [-0.2, -0.15) is 0 Å². The minimum absolute atomic E-state index is 0.0329. The van der Waals surface area contributed by atoms with Crippen molar-refractivity contribution in [2.24, 2.45) is 0 Å². The van der Waals surface area contributed by atoms with Gasteiger partial charge >= 0.3 is 0 Å². The van der Waals surface area contributed by atoms with Crippen LogP contribution in [0.15, 0.2) is 54.9 Å². The van der Waals surface area contributed by atoms with E-state index in [-0.39, 0.29) is 5.91 Å². The molecule has 1 heterocycles. The maximum absolute atomic E-state index is 11.6. The van der Waals surface area contributed by atoms with Gasteiger partial charge in [0.2, 0.25) is 5.91 Å². The second-order valence-electron chi connectivity index (χ2n) is 4.37. The van der Waals surface area contributed by atoms with Gasteiger partial charge in [0.05, 0.1) is 6.54 Å². The van der Waals surface area contributed by atoms with Gasteiger partial charge in [-0.25, -0.2) is 0 Å². The largest absolute Gasteiger partial charge is 0.492 e. The Labute approximate surface area is 118 Å². The number of nitrogens with one attached hydrogen (secondary N) is 1. The summed E-state index contributed by atoms with van der Waals surface area (Å²) in [6.45, 7) is 0.989. The first-order valence-electron chi connectivity index (χ1n) is 6.68. The zero-order chi connectivity index (χ0) is 14.0. The van der Waals surface area contributed by atoms with Crippen LogP contribution in [0.2, 0.25) is 0 Å². The summed E-state index contributed by atoms with van der Waals surface area (Å²) in [7, 11) is 0. The quantitative estimate of drug-likeness (QED) is 0.785. The van der Waals surface area contributed by atoms with Gasteiger partial charge < -0.3 is 10.1 Å². The average Bonchev–Trinajstić information content (AvgIpc) is 2.52. The van der Waals surface area contributed by atoms with Crippen LogP contribution in [0.5, 0.6) is 5.75 Å². The molecule has 4 nitrogen and oxygen atoms in total. The van der Waals surface area contributed by atoms with E-state index in [9.17, 15) is 4.79 Å². The zero-order valence-corrected chi connectivity index (χ0v) is 11.3. The van der Waals surface area contributed by atoms with Crippen molar-refractivity contribution in [3.05, 3.63) is 60.4 Å². The summed E-state index contributed by atoms with van der Waals surface area (Å²) in [5.41, 5.74) is 1.07. The van der Waals surface area contributed by atoms with Gasteiger partial charge in [-0.15, -0.1) is 0 Å². The number of nitrogens with zero attached hydrogens (tertiary/aromatic N) is 1. The molecule has 1 aromatic heterocycles. The third-order valence-electron chi connectivity index (χ3n) is 2.80. The summed E-state index contributed by atoms with van der Waals surface area (Å²) < 4.78 is 5.49. The van der Waals surface area contributed by atoms with Crippen LogP contribution in [-0.4, -0.2) is 24.0 Å².